The van der Waals surface area contributed by atoms with Gasteiger partial charge in [-0.25, -0.2) is 4.79 Å². The molecule has 0 spiro atoms. The van der Waals surface area contributed by atoms with Crippen LogP contribution in [0.15, 0.2) is 24.3 Å². The van der Waals surface area contributed by atoms with Crippen molar-refractivity contribution in [3.63, 3.8) is 0 Å². The lowest BCUT2D eigenvalue weighted by atomic mass is 10.1. The fraction of sp³-hybridized carbons (Fsp3) is 0.545. The average molecular weight is 198 g/mol. The maximum Gasteiger partial charge on any atom is 0.335 e. The summed E-state index contributed by atoms with van der Waals surface area (Å²) in [7, 11) is 0. The molecule has 0 amide bonds. The molecule has 0 heterocycles. The fourth-order valence-corrected chi connectivity index (χ4v) is 0.639. The second-order valence-electron chi connectivity index (χ2n) is 3.54. The Morgan fingerprint density at radius 2 is 1.93 bits per heavy atom. The van der Waals surface area contributed by atoms with Crippen molar-refractivity contribution in [3.05, 3.63) is 24.3 Å². The second kappa shape index (κ2) is 6.38. The van der Waals surface area contributed by atoms with Crippen molar-refractivity contribution in [2.45, 2.75) is 20.8 Å². The Bertz CT molecular complexity index is 229. The SMILES string of the molecule is C=C(C)COCOC(=O)C(=C)C(C)C. The van der Waals surface area contributed by atoms with Crippen LogP contribution in [-0.2, 0) is 14.3 Å². The van der Waals surface area contributed by atoms with Gasteiger partial charge < -0.3 is 9.47 Å². The summed E-state index contributed by atoms with van der Waals surface area (Å²) >= 11 is 0. The summed E-state index contributed by atoms with van der Waals surface area (Å²) in [5, 5.41) is 0. The molecule has 80 valence electrons. The van der Waals surface area contributed by atoms with Gasteiger partial charge >= 0.3 is 5.97 Å². The summed E-state index contributed by atoms with van der Waals surface area (Å²) in [6.07, 6.45) is 0. The zero-order chi connectivity index (χ0) is 11.1. The molecule has 0 atom stereocenters. The Hall–Kier alpha value is -1.09. The number of esters is 1. The van der Waals surface area contributed by atoms with Crippen LogP contribution in [0.25, 0.3) is 0 Å². The number of hydrogen-bond acceptors (Lipinski definition) is 3. The van der Waals surface area contributed by atoms with Crippen molar-refractivity contribution in [1.82, 2.24) is 0 Å². The molecule has 0 aromatic heterocycles. The van der Waals surface area contributed by atoms with Gasteiger partial charge in [0.15, 0.2) is 6.79 Å². The lowest BCUT2D eigenvalue weighted by Crippen LogP contribution is -2.14. The molecule has 3 nitrogen and oxygen atoms in total. The Morgan fingerprint density at radius 3 is 2.36 bits per heavy atom. The van der Waals surface area contributed by atoms with Gasteiger partial charge in [0.25, 0.3) is 0 Å². The predicted molar refractivity (Wildman–Crippen MR) is 55.7 cm³/mol. The lowest BCUT2D eigenvalue weighted by molar-refractivity contribution is -0.151. The van der Waals surface area contributed by atoms with Crippen LogP contribution in [0.4, 0.5) is 0 Å². The third-order valence-electron chi connectivity index (χ3n) is 1.58. The van der Waals surface area contributed by atoms with Gasteiger partial charge in [0.2, 0.25) is 0 Å². The average Bonchev–Trinajstić information content (AvgIpc) is 2.10. The first-order valence-corrected chi connectivity index (χ1v) is 4.53. The Labute approximate surface area is 85.4 Å². The van der Waals surface area contributed by atoms with E-state index in [0.29, 0.717) is 12.2 Å². The summed E-state index contributed by atoms with van der Waals surface area (Å²) in [6, 6.07) is 0. The quantitative estimate of drug-likeness (QED) is 0.216. The molecule has 0 aliphatic carbocycles. The first kappa shape index (κ1) is 12.9. The Morgan fingerprint density at radius 1 is 1.36 bits per heavy atom. The molecule has 14 heavy (non-hydrogen) atoms. The summed E-state index contributed by atoms with van der Waals surface area (Å²) in [5.74, 6) is -0.301. The van der Waals surface area contributed by atoms with Gasteiger partial charge in [0, 0.05) is 5.57 Å². The zero-order valence-electron chi connectivity index (χ0n) is 9.13. The van der Waals surface area contributed by atoms with Gasteiger partial charge in [-0.3, -0.25) is 0 Å². The van der Waals surface area contributed by atoms with E-state index in [1.54, 1.807) is 0 Å². The van der Waals surface area contributed by atoms with Crippen LogP contribution in [0.3, 0.4) is 0 Å². The molecule has 0 saturated carbocycles. The van der Waals surface area contributed by atoms with Crippen molar-refractivity contribution >= 4 is 5.97 Å². The highest BCUT2D eigenvalue weighted by molar-refractivity contribution is 5.88. The molecule has 0 aliphatic rings. The van der Waals surface area contributed by atoms with Crippen molar-refractivity contribution in [3.8, 4) is 0 Å². The van der Waals surface area contributed by atoms with Gasteiger partial charge in [0.1, 0.15) is 0 Å². The zero-order valence-corrected chi connectivity index (χ0v) is 9.13. The van der Waals surface area contributed by atoms with Gasteiger partial charge in [0.05, 0.1) is 6.61 Å². The van der Waals surface area contributed by atoms with E-state index in [-0.39, 0.29) is 12.7 Å². The lowest BCUT2D eigenvalue weighted by Gasteiger charge is -2.09. The van der Waals surface area contributed by atoms with Gasteiger partial charge in [-0.2, -0.15) is 0 Å². The van der Waals surface area contributed by atoms with Gasteiger partial charge in [-0.05, 0) is 12.8 Å². The van der Waals surface area contributed by atoms with E-state index in [9.17, 15) is 4.79 Å². The van der Waals surface area contributed by atoms with Crippen molar-refractivity contribution in [2.75, 3.05) is 13.4 Å². The van der Waals surface area contributed by atoms with Crippen molar-refractivity contribution in [2.24, 2.45) is 5.92 Å². The molecule has 0 aromatic carbocycles. The molecule has 0 unspecified atom stereocenters. The first-order valence-electron chi connectivity index (χ1n) is 4.53. The van der Waals surface area contributed by atoms with Crippen LogP contribution in [-0.4, -0.2) is 19.4 Å². The highest BCUT2D eigenvalue weighted by Gasteiger charge is 2.11. The summed E-state index contributed by atoms with van der Waals surface area (Å²) in [6.45, 7) is 13.2. The summed E-state index contributed by atoms with van der Waals surface area (Å²) in [4.78, 5) is 11.2. The molecule has 0 rings (SSSR count). The van der Waals surface area contributed by atoms with E-state index in [0.717, 1.165) is 5.57 Å². The van der Waals surface area contributed by atoms with Crippen molar-refractivity contribution < 1.29 is 14.3 Å². The number of hydrogen-bond donors (Lipinski definition) is 0. The maximum absolute atomic E-state index is 11.2. The van der Waals surface area contributed by atoms with Gasteiger partial charge in [-0.15, -0.1) is 0 Å². The van der Waals surface area contributed by atoms with Crippen LogP contribution in [0.2, 0.25) is 0 Å². The first-order chi connectivity index (χ1) is 6.45. The van der Waals surface area contributed by atoms with E-state index in [2.05, 4.69) is 13.2 Å². The highest BCUT2D eigenvalue weighted by Crippen LogP contribution is 2.08. The van der Waals surface area contributed by atoms with E-state index < -0.39 is 5.97 Å². The summed E-state index contributed by atoms with van der Waals surface area (Å²) in [5.41, 5.74) is 1.35. The molecule has 3 heteroatoms. The highest BCUT2D eigenvalue weighted by atomic mass is 16.7. The standard InChI is InChI=1S/C11H18O3/c1-8(2)6-13-7-14-11(12)10(5)9(3)4/h9H,1,5-7H2,2-4H3. The Kier molecular flexibility index (Phi) is 5.88. The number of carbonyl (C=O) groups excluding carboxylic acids is 1. The largest absolute Gasteiger partial charge is 0.435 e. The molecule has 0 bridgehead atoms. The van der Waals surface area contributed by atoms with Crippen LogP contribution < -0.4 is 0 Å². The normalized spacial score (nSPS) is 10.0. The predicted octanol–water partition coefficient (Wildman–Crippen LogP) is 2.29. The minimum atomic E-state index is -0.401. The third kappa shape index (κ3) is 5.54. The molecule has 0 fully saturated rings. The topological polar surface area (TPSA) is 35.5 Å². The van der Waals surface area contributed by atoms with E-state index in [4.69, 9.17) is 9.47 Å². The maximum atomic E-state index is 11.2. The number of carbonyl (C=O) groups is 1. The molecular weight excluding hydrogens is 180 g/mol. The molecule has 0 aliphatic heterocycles. The second-order valence-corrected chi connectivity index (χ2v) is 3.54. The van der Waals surface area contributed by atoms with E-state index in [1.165, 1.54) is 0 Å². The smallest absolute Gasteiger partial charge is 0.335 e. The molecule has 0 aromatic rings. The van der Waals surface area contributed by atoms with E-state index in [1.807, 2.05) is 20.8 Å². The third-order valence-corrected chi connectivity index (χ3v) is 1.58. The van der Waals surface area contributed by atoms with Crippen molar-refractivity contribution in [1.29, 1.82) is 0 Å². The van der Waals surface area contributed by atoms with Crippen LogP contribution in [0.5, 0.6) is 0 Å². The monoisotopic (exact) mass is 198 g/mol. The fourth-order valence-electron chi connectivity index (χ4n) is 0.639. The van der Waals surface area contributed by atoms with E-state index >= 15 is 0 Å². The van der Waals surface area contributed by atoms with Crippen LogP contribution in [0, 0.1) is 5.92 Å². The van der Waals surface area contributed by atoms with Gasteiger partial charge in [-0.1, -0.05) is 32.6 Å². The molecular formula is C11H18O3. The Balaban J connectivity index is 3.64. The minimum Gasteiger partial charge on any atom is -0.435 e. The molecule has 0 N–H and O–H groups in total. The molecule has 0 saturated heterocycles. The number of ether oxygens (including phenoxy) is 2. The minimum absolute atomic E-state index is 0.0442. The van der Waals surface area contributed by atoms with Crippen LogP contribution >= 0.6 is 0 Å². The van der Waals surface area contributed by atoms with Crippen LogP contribution in [0.1, 0.15) is 20.8 Å². The summed E-state index contributed by atoms with van der Waals surface area (Å²) < 4.78 is 9.83. The number of rotatable bonds is 6. The molecule has 0 radical (unpaired) electrons.